The average Bonchev–Trinajstić information content (AvgIpc) is 2.04. The van der Waals surface area contributed by atoms with Gasteiger partial charge in [0.2, 0.25) is 0 Å². The van der Waals surface area contributed by atoms with E-state index in [-0.39, 0.29) is 6.42 Å². The van der Waals surface area contributed by atoms with Crippen LogP contribution in [-0.2, 0) is 6.37 Å². The van der Waals surface area contributed by atoms with Gasteiger partial charge in [-0.1, -0.05) is 42.5 Å². The number of thiocarbonyl (C=S) groups is 1. The molecule has 0 nitrogen and oxygen atoms in total. The SMILES string of the molecule is [2H]C([2H])(CC(=S)S)c1ccccc1. The summed E-state index contributed by atoms with van der Waals surface area (Å²) in [5.41, 5.74) is 0.645. The fourth-order valence-electron chi connectivity index (χ4n) is 0.734. The van der Waals surface area contributed by atoms with Gasteiger partial charge in [-0.15, -0.1) is 12.6 Å². The summed E-state index contributed by atoms with van der Waals surface area (Å²) in [6.45, 7) is 0. The van der Waals surface area contributed by atoms with E-state index in [1.807, 2.05) is 18.2 Å². The molecular formula is C9H10S2. The van der Waals surface area contributed by atoms with Gasteiger partial charge in [-0.05, 0) is 18.4 Å². The molecule has 0 bridgehead atoms. The van der Waals surface area contributed by atoms with E-state index in [1.165, 1.54) is 0 Å². The van der Waals surface area contributed by atoms with Crippen LogP contribution in [0.1, 0.15) is 14.7 Å². The van der Waals surface area contributed by atoms with Crippen molar-refractivity contribution in [1.29, 1.82) is 0 Å². The normalized spacial score (nSPS) is 13.5. The van der Waals surface area contributed by atoms with Crippen LogP contribution in [0, 0.1) is 0 Å². The lowest BCUT2D eigenvalue weighted by atomic mass is 10.1. The Morgan fingerprint density at radius 2 is 2.09 bits per heavy atom. The molecule has 0 N–H and O–H groups in total. The highest BCUT2D eigenvalue weighted by Crippen LogP contribution is 2.04. The Labute approximate surface area is 80.9 Å². The first-order valence-corrected chi connectivity index (χ1v) is 4.15. The molecule has 0 radical (unpaired) electrons. The van der Waals surface area contributed by atoms with Gasteiger partial charge in [0.15, 0.2) is 0 Å². The molecule has 0 aliphatic rings. The minimum atomic E-state index is -1.40. The Morgan fingerprint density at radius 3 is 2.64 bits per heavy atom. The van der Waals surface area contributed by atoms with E-state index in [0.717, 1.165) is 0 Å². The highest BCUT2D eigenvalue weighted by Gasteiger charge is 1.92. The third-order valence-electron chi connectivity index (χ3n) is 1.22. The van der Waals surface area contributed by atoms with Gasteiger partial charge >= 0.3 is 0 Å². The summed E-state index contributed by atoms with van der Waals surface area (Å²) >= 11 is 8.70. The van der Waals surface area contributed by atoms with Gasteiger partial charge in [0.1, 0.15) is 0 Å². The highest BCUT2D eigenvalue weighted by atomic mass is 32.1. The summed E-state index contributed by atoms with van der Waals surface area (Å²) in [6.07, 6.45) is -1.23. The summed E-state index contributed by atoms with van der Waals surface area (Å²) in [5.74, 6) is 0. The van der Waals surface area contributed by atoms with E-state index in [9.17, 15) is 0 Å². The topological polar surface area (TPSA) is 0 Å². The zero-order valence-corrected chi connectivity index (χ0v) is 7.66. The molecular weight excluding hydrogens is 172 g/mol. The second-order valence-electron chi connectivity index (χ2n) is 2.11. The fraction of sp³-hybridized carbons (Fsp3) is 0.222. The zero-order valence-electron chi connectivity index (χ0n) is 7.95. The summed E-state index contributed by atoms with van der Waals surface area (Å²) in [5, 5.41) is 0. The molecule has 0 saturated carbocycles. The van der Waals surface area contributed by atoms with Crippen LogP contribution in [0.5, 0.6) is 0 Å². The van der Waals surface area contributed by atoms with Gasteiger partial charge < -0.3 is 0 Å². The van der Waals surface area contributed by atoms with Crippen molar-refractivity contribution in [3.8, 4) is 0 Å². The molecule has 0 aliphatic carbocycles. The smallest absolute Gasteiger partial charge is 0.0451 e. The second-order valence-corrected chi connectivity index (χ2v) is 3.45. The average molecular weight is 184 g/mol. The molecule has 0 amide bonds. The maximum absolute atomic E-state index is 7.73. The van der Waals surface area contributed by atoms with E-state index in [0.29, 0.717) is 9.76 Å². The van der Waals surface area contributed by atoms with Crippen molar-refractivity contribution < 1.29 is 2.74 Å². The maximum Gasteiger partial charge on any atom is 0.0451 e. The van der Waals surface area contributed by atoms with Crippen molar-refractivity contribution in [1.82, 2.24) is 0 Å². The van der Waals surface area contributed by atoms with Gasteiger partial charge in [0.25, 0.3) is 0 Å². The number of thiol groups is 1. The first kappa shape index (κ1) is 6.21. The lowest BCUT2D eigenvalue weighted by Gasteiger charge is -1.97. The van der Waals surface area contributed by atoms with Crippen molar-refractivity contribution in [3.05, 3.63) is 35.9 Å². The quantitative estimate of drug-likeness (QED) is 0.557. The Hall–Kier alpha value is -0.340. The summed E-state index contributed by atoms with van der Waals surface area (Å²) < 4.78 is 15.9. The van der Waals surface area contributed by atoms with Crippen molar-refractivity contribution in [3.63, 3.8) is 0 Å². The molecule has 0 spiro atoms. The standard InChI is InChI=1S/C9H10S2/c10-9(11)7-6-8-4-2-1-3-5-8/h1-5H,6-7H2,(H,10,11)/i6D2. The van der Waals surface area contributed by atoms with Crippen molar-refractivity contribution in [2.24, 2.45) is 0 Å². The molecule has 1 aromatic rings. The van der Waals surface area contributed by atoms with E-state index in [2.05, 4.69) is 12.6 Å². The predicted molar refractivity (Wildman–Crippen MR) is 56.3 cm³/mol. The van der Waals surface area contributed by atoms with E-state index >= 15 is 0 Å². The lowest BCUT2D eigenvalue weighted by Crippen LogP contribution is -1.88. The third-order valence-corrected chi connectivity index (χ3v) is 1.52. The van der Waals surface area contributed by atoms with Crippen LogP contribution in [0.25, 0.3) is 0 Å². The van der Waals surface area contributed by atoms with Crippen LogP contribution >= 0.6 is 24.8 Å². The lowest BCUT2D eigenvalue weighted by molar-refractivity contribution is 1.06. The summed E-state index contributed by atoms with van der Waals surface area (Å²) in [6, 6.07) is 9.00. The van der Waals surface area contributed by atoms with Gasteiger partial charge in [0, 0.05) is 6.94 Å². The number of benzene rings is 1. The molecule has 1 aromatic carbocycles. The zero-order chi connectivity index (χ0) is 9.90. The highest BCUT2D eigenvalue weighted by molar-refractivity contribution is 8.11. The molecule has 0 unspecified atom stereocenters. The first-order chi connectivity index (χ1) is 6.02. The first-order valence-electron chi connectivity index (χ1n) is 4.30. The molecule has 0 fully saturated rings. The van der Waals surface area contributed by atoms with Crippen LogP contribution < -0.4 is 0 Å². The Morgan fingerprint density at radius 1 is 1.45 bits per heavy atom. The molecule has 0 aliphatic heterocycles. The fourth-order valence-corrected chi connectivity index (χ4v) is 0.885. The molecule has 2 heteroatoms. The third kappa shape index (κ3) is 3.54. The van der Waals surface area contributed by atoms with Gasteiger partial charge in [0.05, 0.1) is 0 Å². The Bertz CT molecular complexity index is 296. The Balaban J connectivity index is 2.87. The van der Waals surface area contributed by atoms with E-state index in [1.54, 1.807) is 12.1 Å². The summed E-state index contributed by atoms with van der Waals surface area (Å²) in [4.78, 5) is 0. The number of hydrogen-bond donors (Lipinski definition) is 1. The maximum atomic E-state index is 7.73. The number of rotatable bonds is 3. The van der Waals surface area contributed by atoms with Crippen LogP contribution in [-0.4, -0.2) is 4.20 Å². The minimum absolute atomic E-state index is 0.176. The molecule has 58 valence electrons. The molecule has 11 heavy (non-hydrogen) atoms. The molecule has 0 atom stereocenters. The predicted octanol–water partition coefficient (Wildman–Crippen LogP) is 2.88. The largest absolute Gasteiger partial charge is 0.136 e. The van der Waals surface area contributed by atoms with Crippen molar-refractivity contribution in [2.45, 2.75) is 12.8 Å². The van der Waals surface area contributed by atoms with Gasteiger partial charge in [-0.2, -0.15) is 0 Å². The van der Waals surface area contributed by atoms with Crippen LogP contribution in [0.2, 0.25) is 0 Å². The van der Waals surface area contributed by atoms with Crippen molar-refractivity contribution >= 4 is 29.0 Å². The second kappa shape index (κ2) is 4.52. The Kier molecular flexibility index (Phi) is 2.55. The molecule has 0 heterocycles. The molecule has 1 rings (SSSR count). The monoisotopic (exact) mass is 184 g/mol. The summed E-state index contributed by atoms with van der Waals surface area (Å²) in [7, 11) is 0. The van der Waals surface area contributed by atoms with Gasteiger partial charge in [-0.3, -0.25) is 0 Å². The van der Waals surface area contributed by atoms with Crippen LogP contribution in [0.3, 0.4) is 0 Å². The number of hydrogen-bond acceptors (Lipinski definition) is 1. The van der Waals surface area contributed by atoms with Gasteiger partial charge in [-0.25, -0.2) is 0 Å². The number of aryl methyl sites for hydroxylation is 1. The van der Waals surface area contributed by atoms with E-state index < -0.39 is 6.37 Å². The molecule has 0 saturated heterocycles. The minimum Gasteiger partial charge on any atom is -0.136 e. The van der Waals surface area contributed by atoms with E-state index in [4.69, 9.17) is 15.0 Å². The molecule has 0 aromatic heterocycles. The van der Waals surface area contributed by atoms with Crippen LogP contribution in [0.15, 0.2) is 30.3 Å². The van der Waals surface area contributed by atoms with Crippen LogP contribution in [0.4, 0.5) is 0 Å². The van der Waals surface area contributed by atoms with Crippen molar-refractivity contribution in [2.75, 3.05) is 0 Å².